The second-order valence-corrected chi connectivity index (χ2v) is 5.48. The Balaban J connectivity index is 1.60. The van der Waals surface area contributed by atoms with Gasteiger partial charge in [0, 0.05) is 23.4 Å². The van der Waals surface area contributed by atoms with Crippen LogP contribution >= 0.6 is 0 Å². The predicted molar refractivity (Wildman–Crippen MR) is 88.2 cm³/mol. The smallest absolute Gasteiger partial charge is 0.262 e. The number of nitrogens with one attached hydrogen (secondary N) is 2. The fourth-order valence-corrected chi connectivity index (χ4v) is 2.44. The zero-order valence-corrected chi connectivity index (χ0v) is 13.1. The first-order chi connectivity index (χ1) is 11.5. The van der Waals surface area contributed by atoms with Gasteiger partial charge < -0.3 is 15.4 Å². The van der Waals surface area contributed by atoms with Crippen LogP contribution in [0.5, 0.6) is 5.75 Å². The van der Waals surface area contributed by atoms with E-state index in [-0.39, 0.29) is 24.2 Å². The van der Waals surface area contributed by atoms with Crippen molar-refractivity contribution in [1.82, 2.24) is 5.32 Å². The number of carbonyl (C=O) groups excluding carboxylic acids is 3. The number of hydrogen-bond donors (Lipinski definition) is 2. The summed E-state index contributed by atoms with van der Waals surface area (Å²) >= 11 is 0. The standard InChI is InChI=1S/C18H16N2O4/c1-11(21)12-3-2-4-15(7-12)24-10-17(22)20-14-6-5-13-9-19-18(23)16(13)8-14/h2-8H,9-10H2,1H3,(H,19,23)(H,20,22). The van der Waals surface area contributed by atoms with E-state index < -0.39 is 0 Å². The second kappa shape index (κ2) is 6.54. The Labute approximate surface area is 138 Å². The SMILES string of the molecule is CC(=O)c1cccc(OCC(=O)Nc2ccc3c(c2)C(=O)NC3)c1. The Kier molecular flexibility index (Phi) is 4.29. The molecular weight excluding hydrogens is 308 g/mol. The zero-order chi connectivity index (χ0) is 17.1. The molecular formula is C18H16N2O4. The minimum atomic E-state index is -0.346. The first-order valence-corrected chi connectivity index (χ1v) is 7.48. The van der Waals surface area contributed by atoms with Crippen LogP contribution in [0.25, 0.3) is 0 Å². The lowest BCUT2D eigenvalue weighted by Crippen LogP contribution is -2.20. The van der Waals surface area contributed by atoms with Gasteiger partial charge in [-0.15, -0.1) is 0 Å². The fraction of sp³-hybridized carbons (Fsp3) is 0.167. The highest BCUT2D eigenvalue weighted by molar-refractivity contribution is 6.00. The summed E-state index contributed by atoms with van der Waals surface area (Å²) in [6.07, 6.45) is 0. The molecule has 0 aromatic heterocycles. The maximum Gasteiger partial charge on any atom is 0.262 e. The summed E-state index contributed by atoms with van der Waals surface area (Å²) in [4.78, 5) is 34.9. The van der Waals surface area contributed by atoms with E-state index in [1.54, 1.807) is 42.5 Å². The van der Waals surface area contributed by atoms with E-state index in [0.29, 0.717) is 29.1 Å². The molecule has 6 nitrogen and oxygen atoms in total. The van der Waals surface area contributed by atoms with Crippen LogP contribution in [0.4, 0.5) is 5.69 Å². The Morgan fingerprint density at radius 2 is 2.04 bits per heavy atom. The molecule has 0 atom stereocenters. The van der Waals surface area contributed by atoms with Crippen LogP contribution in [-0.4, -0.2) is 24.2 Å². The molecule has 0 spiro atoms. The fourth-order valence-electron chi connectivity index (χ4n) is 2.44. The average Bonchev–Trinajstić information content (AvgIpc) is 2.94. The molecule has 0 fully saturated rings. The summed E-state index contributed by atoms with van der Waals surface area (Å²) in [5, 5.41) is 5.41. The van der Waals surface area contributed by atoms with Crippen molar-refractivity contribution < 1.29 is 19.1 Å². The summed E-state index contributed by atoms with van der Waals surface area (Å²) in [7, 11) is 0. The third-order valence-electron chi connectivity index (χ3n) is 3.69. The quantitative estimate of drug-likeness (QED) is 0.825. The van der Waals surface area contributed by atoms with Gasteiger partial charge >= 0.3 is 0 Å². The number of Topliss-reactive ketones (excluding diaryl/α,β-unsaturated/α-hetero) is 1. The summed E-state index contributed by atoms with van der Waals surface area (Å²) in [6, 6.07) is 11.8. The van der Waals surface area contributed by atoms with E-state index in [4.69, 9.17) is 4.74 Å². The highest BCUT2D eigenvalue weighted by Crippen LogP contribution is 2.20. The van der Waals surface area contributed by atoms with Crippen molar-refractivity contribution in [1.29, 1.82) is 0 Å². The van der Waals surface area contributed by atoms with Crippen LogP contribution in [0.15, 0.2) is 42.5 Å². The molecule has 2 N–H and O–H groups in total. The molecule has 0 unspecified atom stereocenters. The van der Waals surface area contributed by atoms with Gasteiger partial charge in [0.2, 0.25) is 0 Å². The van der Waals surface area contributed by atoms with Crippen molar-refractivity contribution in [3.63, 3.8) is 0 Å². The molecule has 2 aromatic rings. The third kappa shape index (κ3) is 3.43. The molecule has 0 aliphatic carbocycles. The van der Waals surface area contributed by atoms with Crippen molar-refractivity contribution in [2.75, 3.05) is 11.9 Å². The number of benzene rings is 2. The van der Waals surface area contributed by atoms with Gasteiger partial charge in [0.05, 0.1) is 0 Å². The molecule has 0 saturated carbocycles. The number of ketones is 1. The molecule has 0 radical (unpaired) electrons. The molecule has 2 amide bonds. The van der Waals surface area contributed by atoms with Crippen LogP contribution in [-0.2, 0) is 11.3 Å². The minimum Gasteiger partial charge on any atom is -0.484 e. The number of fused-ring (bicyclic) bond motifs is 1. The second-order valence-electron chi connectivity index (χ2n) is 5.48. The molecule has 2 aromatic carbocycles. The van der Waals surface area contributed by atoms with Crippen LogP contribution in [0.2, 0.25) is 0 Å². The molecule has 122 valence electrons. The number of rotatable bonds is 5. The lowest BCUT2D eigenvalue weighted by molar-refractivity contribution is -0.118. The normalized spacial score (nSPS) is 12.3. The Hall–Kier alpha value is -3.15. The van der Waals surface area contributed by atoms with E-state index in [9.17, 15) is 14.4 Å². The lowest BCUT2D eigenvalue weighted by Gasteiger charge is -2.09. The highest BCUT2D eigenvalue weighted by atomic mass is 16.5. The summed E-state index contributed by atoms with van der Waals surface area (Å²) < 4.78 is 5.40. The maximum absolute atomic E-state index is 12.0. The first kappa shape index (κ1) is 15.7. The van der Waals surface area contributed by atoms with Gasteiger partial charge in [0.1, 0.15) is 5.75 Å². The van der Waals surface area contributed by atoms with Crippen LogP contribution in [0.3, 0.4) is 0 Å². The van der Waals surface area contributed by atoms with Gasteiger partial charge in [-0.1, -0.05) is 18.2 Å². The lowest BCUT2D eigenvalue weighted by atomic mass is 10.1. The van der Waals surface area contributed by atoms with E-state index in [0.717, 1.165) is 5.56 Å². The largest absolute Gasteiger partial charge is 0.484 e. The Morgan fingerprint density at radius 1 is 1.21 bits per heavy atom. The van der Waals surface area contributed by atoms with Gasteiger partial charge in [-0.05, 0) is 36.8 Å². The topological polar surface area (TPSA) is 84.5 Å². The van der Waals surface area contributed by atoms with Gasteiger partial charge in [-0.25, -0.2) is 0 Å². The molecule has 3 rings (SSSR count). The summed E-state index contributed by atoms with van der Waals surface area (Å²) in [5.41, 5.74) is 2.55. The molecule has 0 saturated heterocycles. The third-order valence-corrected chi connectivity index (χ3v) is 3.69. The Morgan fingerprint density at radius 3 is 2.83 bits per heavy atom. The molecule has 6 heteroatoms. The van der Waals surface area contributed by atoms with E-state index in [1.165, 1.54) is 6.92 Å². The van der Waals surface area contributed by atoms with Crippen molar-refractivity contribution in [3.05, 3.63) is 59.2 Å². The summed E-state index contributed by atoms with van der Waals surface area (Å²) in [6.45, 7) is 1.79. The Bertz CT molecular complexity index is 830. The van der Waals surface area contributed by atoms with Crippen molar-refractivity contribution in [3.8, 4) is 5.75 Å². The van der Waals surface area contributed by atoms with Crippen molar-refractivity contribution in [2.45, 2.75) is 13.5 Å². The molecule has 1 aliphatic heterocycles. The number of anilines is 1. The number of ether oxygens (including phenoxy) is 1. The minimum absolute atomic E-state index is 0.0682. The molecule has 0 bridgehead atoms. The van der Waals surface area contributed by atoms with E-state index in [2.05, 4.69) is 10.6 Å². The van der Waals surface area contributed by atoms with Gasteiger partial charge in [0.15, 0.2) is 12.4 Å². The van der Waals surface area contributed by atoms with E-state index >= 15 is 0 Å². The van der Waals surface area contributed by atoms with Crippen LogP contribution < -0.4 is 15.4 Å². The zero-order valence-electron chi connectivity index (χ0n) is 13.1. The van der Waals surface area contributed by atoms with Gasteiger partial charge in [-0.3, -0.25) is 14.4 Å². The monoisotopic (exact) mass is 324 g/mol. The summed E-state index contributed by atoms with van der Waals surface area (Å²) in [5.74, 6) is -0.104. The van der Waals surface area contributed by atoms with Crippen LogP contribution in [0.1, 0.15) is 33.2 Å². The first-order valence-electron chi connectivity index (χ1n) is 7.48. The number of amides is 2. The average molecular weight is 324 g/mol. The van der Waals surface area contributed by atoms with Crippen molar-refractivity contribution >= 4 is 23.3 Å². The number of hydrogen-bond acceptors (Lipinski definition) is 4. The molecule has 24 heavy (non-hydrogen) atoms. The maximum atomic E-state index is 12.0. The highest BCUT2D eigenvalue weighted by Gasteiger charge is 2.19. The molecule has 1 heterocycles. The van der Waals surface area contributed by atoms with Gasteiger partial charge in [-0.2, -0.15) is 0 Å². The van der Waals surface area contributed by atoms with Gasteiger partial charge in [0.25, 0.3) is 11.8 Å². The van der Waals surface area contributed by atoms with E-state index in [1.807, 2.05) is 0 Å². The number of carbonyl (C=O) groups is 3. The van der Waals surface area contributed by atoms with Crippen molar-refractivity contribution in [2.24, 2.45) is 0 Å². The predicted octanol–water partition coefficient (Wildman–Crippen LogP) is 2.15. The van der Waals surface area contributed by atoms with Crippen LogP contribution in [0, 0.1) is 0 Å². The molecule has 1 aliphatic rings.